The number of benzene rings is 1. The zero-order chi connectivity index (χ0) is 18.9. The maximum atomic E-state index is 5.25. The fourth-order valence-electron chi connectivity index (χ4n) is 3.35. The Bertz CT molecular complexity index is 1260. The molecular formula is C22H17N5O. The summed E-state index contributed by atoms with van der Waals surface area (Å²) in [7, 11) is 1.63. The van der Waals surface area contributed by atoms with Crippen LogP contribution in [0.1, 0.15) is 0 Å². The number of aromatic amines is 2. The molecule has 6 nitrogen and oxygen atoms in total. The van der Waals surface area contributed by atoms with Crippen LogP contribution in [0, 0.1) is 0 Å². The number of fused-ring (bicyclic) bond motifs is 1. The van der Waals surface area contributed by atoms with E-state index in [2.05, 4.69) is 49.4 Å². The second-order valence-corrected chi connectivity index (χ2v) is 6.47. The Kier molecular flexibility index (Phi) is 3.87. The molecule has 4 heterocycles. The van der Waals surface area contributed by atoms with E-state index >= 15 is 0 Å². The van der Waals surface area contributed by atoms with Gasteiger partial charge in [-0.3, -0.25) is 15.1 Å². The molecule has 5 rings (SSSR count). The van der Waals surface area contributed by atoms with Crippen molar-refractivity contribution in [2.45, 2.75) is 0 Å². The molecule has 0 unspecified atom stereocenters. The standard InChI is InChI=1S/C22H17N5O/c1-28-16-8-15(12-24-13-16)20-10-22(27-26-20)21-9-18-17(5-2-6-19(18)25-21)14-4-3-7-23-11-14/h2-13,25H,1H3,(H,26,27). The van der Waals surface area contributed by atoms with E-state index in [-0.39, 0.29) is 0 Å². The lowest BCUT2D eigenvalue weighted by molar-refractivity contribution is 0.413. The molecule has 0 aliphatic rings. The molecule has 0 saturated heterocycles. The number of ether oxygens (including phenoxy) is 1. The topological polar surface area (TPSA) is 79.5 Å². The third kappa shape index (κ3) is 2.81. The molecule has 0 aliphatic carbocycles. The molecule has 28 heavy (non-hydrogen) atoms. The van der Waals surface area contributed by atoms with Gasteiger partial charge in [0, 0.05) is 40.6 Å². The zero-order valence-corrected chi connectivity index (χ0v) is 15.2. The summed E-state index contributed by atoms with van der Waals surface area (Å²) < 4.78 is 5.25. The van der Waals surface area contributed by atoms with E-state index in [0.717, 1.165) is 44.7 Å². The lowest BCUT2D eigenvalue weighted by atomic mass is 10.0. The second kappa shape index (κ2) is 6.66. The number of methoxy groups -OCH3 is 1. The molecule has 0 atom stereocenters. The van der Waals surface area contributed by atoms with Gasteiger partial charge >= 0.3 is 0 Å². The van der Waals surface area contributed by atoms with Crippen LogP contribution >= 0.6 is 0 Å². The van der Waals surface area contributed by atoms with E-state index < -0.39 is 0 Å². The maximum absolute atomic E-state index is 5.25. The molecular weight excluding hydrogens is 350 g/mol. The molecule has 0 spiro atoms. The van der Waals surface area contributed by atoms with Crippen molar-refractivity contribution in [3.8, 4) is 39.5 Å². The smallest absolute Gasteiger partial charge is 0.137 e. The molecule has 0 amide bonds. The second-order valence-electron chi connectivity index (χ2n) is 6.47. The van der Waals surface area contributed by atoms with E-state index in [0.29, 0.717) is 5.75 Å². The SMILES string of the molecule is COc1cncc(-c2cc(-c3cc4c(-c5cccnc5)cccc4[nH]3)[nH]n2)c1. The van der Waals surface area contributed by atoms with Gasteiger partial charge < -0.3 is 9.72 Å². The van der Waals surface area contributed by atoms with Crippen molar-refractivity contribution >= 4 is 10.9 Å². The van der Waals surface area contributed by atoms with E-state index in [9.17, 15) is 0 Å². The van der Waals surface area contributed by atoms with Crippen LogP contribution in [0.15, 0.2) is 73.3 Å². The Morgan fingerprint density at radius 1 is 0.857 bits per heavy atom. The molecule has 5 aromatic rings. The number of nitrogens with zero attached hydrogens (tertiary/aromatic N) is 3. The Morgan fingerprint density at radius 3 is 2.64 bits per heavy atom. The quantitative estimate of drug-likeness (QED) is 0.483. The summed E-state index contributed by atoms with van der Waals surface area (Å²) in [5.74, 6) is 0.703. The highest BCUT2D eigenvalue weighted by Crippen LogP contribution is 2.32. The van der Waals surface area contributed by atoms with Crippen molar-refractivity contribution in [3.63, 3.8) is 0 Å². The van der Waals surface area contributed by atoms with Crippen LogP contribution in [0.4, 0.5) is 0 Å². The third-order valence-electron chi connectivity index (χ3n) is 4.75. The summed E-state index contributed by atoms with van der Waals surface area (Å²) in [4.78, 5) is 11.9. The first-order valence-electron chi connectivity index (χ1n) is 8.89. The van der Waals surface area contributed by atoms with E-state index in [1.54, 1.807) is 25.7 Å². The average Bonchev–Trinajstić information content (AvgIpc) is 3.41. The molecule has 0 radical (unpaired) electrons. The number of rotatable bonds is 4. The first-order valence-corrected chi connectivity index (χ1v) is 8.89. The van der Waals surface area contributed by atoms with Crippen LogP contribution in [-0.2, 0) is 0 Å². The number of nitrogens with one attached hydrogen (secondary N) is 2. The van der Waals surface area contributed by atoms with Crippen LogP contribution in [0.5, 0.6) is 5.75 Å². The van der Waals surface area contributed by atoms with Crippen LogP contribution in [0.2, 0.25) is 0 Å². The summed E-state index contributed by atoms with van der Waals surface area (Å²) in [6, 6.07) is 16.3. The van der Waals surface area contributed by atoms with Crippen LogP contribution < -0.4 is 4.74 Å². The maximum Gasteiger partial charge on any atom is 0.137 e. The Balaban J connectivity index is 1.56. The summed E-state index contributed by atoms with van der Waals surface area (Å²) in [5, 5.41) is 8.70. The van der Waals surface area contributed by atoms with Gasteiger partial charge in [-0.15, -0.1) is 0 Å². The predicted molar refractivity (Wildman–Crippen MR) is 109 cm³/mol. The highest BCUT2D eigenvalue weighted by molar-refractivity contribution is 5.97. The fraction of sp³-hybridized carbons (Fsp3) is 0.0455. The molecule has 0 bridgehead atoms. The van der Waals surface area contributed by atoms with Crippen molar-refractivity contribution in [1.82, 2.24) is 25.1 Å². The number of H-pyrrole nitrogens is 2. The number of aromatic nitrogens is 5. The van der Waals surface area contributed by atoms with E-state index in [1.165, 1.54) is 0 Å². The van der Waals surface area contributed by atoms with E-state index in [1.807, 2.05) is 30.5 Å². The van der Waals surface area contributed by atoms with Crippen molar-refractivity contribution < 1.29 is 4.74 Å². The first-order chi connectivity index (χ1) is 13.8. The Hall–Kier alpha value is -3.93. The fourth-order valence-corrected chi connectivity index (χ4v) is 3.35. The summed E-state index contributed by atoms with van der Waals surface area (Å²) >= 11 is 0. The minimum Gasteiger partial charge on any atom is -0.495 e. The highest BCUT2D eigenvalue weighted by atomic mass is 16.5. The molecule has 0 fully saturated rings. The lowest BCUT2D eigenvalue weighted by Gasteiger charge is -2.02. The van der Waals surface area contributed by atoms with Crippen molar-refractivity contribution in [3.05, 3.63) is 73.3 Å². The minimum absolute atomic E-state index is 0.703. The van der Waals surface area contributed by atoms with Gasteiger partial charge in [0.1, 0.15) is 5.75 Å². The number of hydrogen-bond donors (Lipinski definition) is 2. The molecule has 0 aliphatic heterocycles. The van der Waals surface area contributed by atoms with Gasteiger partial charge in [0.15, 0.2) is 0 Å². The van der Waals surface area contributed by atoms with Gasteiger partial charge in [0.2, 0.25) is 0 Å². The monoisotopic (exact) mass is 367 g/mol. The van der Waals surface area contributed by atoms with Crippen molar-refractivity contribution in [2.75, 3.05) is 7.11 Å². The van der Waals surface area contributed by atoms with Crippen LogP contribution in [0.3, 0.4) is 0 Å². The molecule has 6 heteroatoms. The Morgan fingerprint density at radius 2 is 1.79 bits per heavy atom. The minimum atomic E-state index is 0.703. The van der Waals surface area contributed by atoms with Crippen LogP contribution in [0.25, 0.3) is 44.7 Å². The average molecular weight is 367 g/mol. The van der Waals surface area contributed by atoms with Gasteiger partial charge in [-0.1, -0.05) is 18.2 Å². The summed E-state index contributed by atoms with van der Waals surface area (Å²) in [6.07, 6.45) is 7.11. The van der Waals surface area contributed by atoms with Crippen LogP contribution in [-0.4, -0.2) is 32.3 Å². The zero-order valence-electron chi connectivity index (χ0n) is 15.2. The summed E-state index contributed by atoms with van der Waals surface area (Å²) in [6.45, 7) is 0. The highest BCUT2D eigenvalue weighted by Gasteiger charge is 2.12. The van der Waals surface area contributed by atoms with Gasteiger partial charge in [-0.25, -0.2) is 0 Å². The summed E-state index contributed by atoms with van der Waals surface area (Å²) in [5.41, 5.74) is 6.89. The van der Waals surface area contributed by atoms with Crippen molar-refractivity contribution in [1.29, 1.82) is 0 Å². The molecule has 1 aromatic carbocycles. The predicted octanol–water partition coefficient (Wildman–Crippen LogP) is 4.69. The van der Waals surface area contributed by atoms with Gasteiger partial charge in [0.25, 0.3) is 0 Å². The van der Waals surface area contributed by atoms with Crippen molar-refractivity contribution in [2.24, 2.45) is 0 Å². The number of pyridine rings is 2. The normalized spacial score (nSPS) is 11.0. The van der Waals surface area contributed by atoms with Gasteiger partial charge in [-0.2, -0.15) is 5.10 Å². The Labute approximate surface area is 161 Å². The third-order valence-corrected chi connectivity index (χ3v) is 4.75. The molecule has 136 valence electrons. The molecule has 0 saturated carbocycles. The van der Waals surface area contributed by atoms with Gasteiger partial charge in [0.05, 0.1) is 30.4 Å². The largest absolute Gasteiger partial charge is 0.495 e. The van der Waals surface area contributed by atoms with Gasteiger partial charge in [-0.05, 0) is 35.9 Å². The lowest BCUT2D eigenvalue weighted by Crippen LogP contribution is -1.86. The van der Waals surface area contributed by atoms with E-state index in [4.69, 9.17) is 4.74 Å². The first kappa shape index (κ1) is 16.3. The molecule has 2 N–H and O–H groups in total. The molecule has 4 aromatic heterocycles. The number of hydrogen-bond acceptors (Lipinski definition) is 4.